The van der Waals surface area contributed by atoms with Crippen LogP contribution in [0.1, 0.15) is 12.8 Å². The maximum atomic E-state index is 9.00. The molecule has 1 heterocycles. The third-order valence-corrected chi connectivity index (χ3v) is 5.10. The van der Waals surface area contributed by atoms with Gasteiger partial charge in [-0.2, -0.15) is 10.5 Å². The topological polar surface area (TPSA) is 60.5 Å². The highest BCUT2D eigenvalue weighted by molar-refractivity contribution is 8.01. The van der Waals surface area contributed by atoms with Crippen LogP contribution in [-0.4, -0.2) is 10.7 Å². The van der Waals surface area contributed by atoms with Gasteiger partial charge in [0, 0.05) is 17.2 Å². The van der Waals surface area contributed by atoms with Crippen molar-refractivity contribution in [2.45, 2.75) is 17.2 Å². The molecule has 0 saturated heterocycles. The first-order valence-corrected chi connectivity index (χ1v) is 7.86. The van der Waals surface area contributed by atoms with Gasteiger partial charge in [-0.25, -0.2) is 4.98 Å². The Morgan fingerprint density at radius 1 is 1.42 bits per heavy atom. The molecule has 0 N–H and O–H groups in total. The van der Waals surface area contributed by atoms with Crippen molar-refractivity contribution in [1.29, 1.82) is 10.5 Å². The second-order valence-corrected chi connectivity index (χ2v) is 6.66. The molecule has 0 unspecified atom stereocenters. The number of rotatable bonds is 5. The molecular formula is C13H10ClN3S2. The lowest BCUT2D eigenvalue weighted by Gasteiger charge is -2.03. The SMILES string of the molecule is N#CCC[C@H](C#N)CSc1nc2cc(Cl)ccc2s1. The molecule has 6 heteroatoms. The standard InChI is InChI=1S/C13H10ClN3S2/c14-10-3-4-12-11(6-10)17-13(19-12)18-8-9(7-16)2-1-5-15/h3-4,6,9H,1-2,8H2/t9-/m1/s1. The molecule has 0 bridgehead atoms. The minimum Gasteiger partial charge on any atom is -0.230 e. The van der Waals surface area contributed by atoms with Gasteiger partial charge in [0.1, 0.15) is 0 Å². The number of nitriles is 2. The first-order chi connectivity index (χ1) is 9.22. The molecule has 2 rings (SSSR count). The number of thioether (sulfide) groups is 1. The van der Waals surface area contributed by atoms with Crippen molar-refractivity contribution >= 4 is 44.9 Å². The van der Waals surface area contributed by atoms with E-state index in [2.05, 4.69) is 17.1 Å². The Balaban J connectivity index is 2.01. The predicted octanol–water partition coefficient (Wildman–Crippen LogP) is 4.49. The lowest BCUT2D eigenvalue weighted by molar-refractivity contribution is 0.685. The zero-order chi connectivity index (χ0) is 13.7. The summed E-state index contributed by atoms with van der Waals surface area (Å²) >= 11 is 9.09. The Morgan fingerprint density at radius 2 is 2.26 bits per heavy atom. The summed E-state index contributed by atoms with van der Waals surface area (Å²) in [5.41, 5.74) is 0.894. The molecule has 0 spiro atoms. The molecule has 96 valence electrons. The van der Waals surface area contributed by atoms with Gasteiger partial charge in [-0.05, 0) is 24.6 Å². The van der Waals surface area contributed by atoms with Crippen molar-refractivity contribution in [3.63, 3.8) is 0 Å². The van der Waals surface area contributed by atoms with E-state index in [0.717, 1.165) is 14.6 Å². The van der Waals surface area contributed by atoms with E-state index in [4.69, 9.17) is 22.1 Å². The van der Waals surface area contributed by atoms with Crippen molar-refractivity contribution in [1.82, 2.24) is 4.98 Å². The van der Waals surface area contributed by atoms with E-state index in [1.165, 1.54) is 0 Å². The number of thiazole rings is 1. The van der Waals surface area contributed by atoms with Gasteiger partial charge in [0.2, 0.25) is 0 Å². The molecule has 0 fully saturated rings. The average molecular weight is 308 g/mol. The molecule has 0 saturated carbocycles. The van der Waals surface area contributed by atoms with E-state index in [1.54, 1.807) is 23.1 Å². The predicted molar refractivity (Wildman–Crippen MR) is 79.3 cm³/mol. The van der Waals surface area contributed by atoms with Crippen LogP contribution in [0, 0.1) is 28.6 Å². The lowest BCUT2D eigenvalue weighted by atomic mass is 10.1. The third-order valence-electron chi connectivity index (χ3n) is 2.53. The zero-order valence-corrected chi connectivity index (χ0v) is 12.4. The number of hydrogen-bond acceptors (Lipinski definition) is 5. The quantitative estimate of drug-likeness (QED) is 0.764. The number of nitrogens with zero attached hydrogens (tertiary/aromatic N) is 3. The fourth-order valence-electron chi connectivity index (χ4n) is 1.54. The van der Waals surface area contributed by atoms with Crippen LogP contribution in [0.15, 0.2) is 22.5 Å². The summed E-state index contributed by atoms with van der Waals surface area (Å²) in [5, 5.41) is 18.2. The highest BCUT2D eigenvalue weighted by Gasteiger charge is 2.10. The van der Waals surface area contributed by atoms with Gasteiger partial charge in [0.15, 0.2) is 4.34 Å². The highest BCUT2D eigenvalue weighted by Crippen LogP contribution is 2.32. The second-order valence-electron chi connectivity index (χ2n) is 3.93. The first kappa shape index (κ1) is 14.1. The number of aromatic nitrogens is 1. The van der Waals surface area contributed by atoms with Gasteiger partial charge >= 0.3 is 0 Å². The minimum absolute atomic E-state index is 0.0970. The van der Waals surface area contributed by atoms with Crippen molar-refractivity contribution < 1.29 is 0 Å². The Morgan fingerprint density at radius 3 is 3.00 bits per heavy atom. The molecular weight excluding hydrogens is 298 g/mol. The van der Waals surface area contributed by atoms with Crippen molar-refractivity contribution in [3.05, 3.63) is 23.2 Å². The molecule has 3 nitrogen and oxygen atoms in total. The maximum Gasteiger partial charge on any atom is 0.151 e. The van der Waals surface area contributed by atoms with E-state index in [1.807, 2.05) is 18.2 Å². The fraction of sp³-hybridized carbons (Fsp3) is 0.308. The molecule has 0 aliphatic rings. The van der Waals surface area contributed by atoms with Gasteiger partial charge in [-0.15, -0.1) is 11.3 Å². The van der Waals surface area contributed by atoms with E-state index < -0.39 is 0 Å². The summed E-state index contributed by atoms with van der Waals surface area (Å²) < 4.78 is 2.03. The van der Waals surface area contributed by atoms with Crippen LogP contribution >= 0.6 is 34.7 Å². The number of benzene rings is 1. The van der Waals surface area contributed by atoms with Crippen LogP contribution in [-0.2, 0) is 0 Å². The molecule has 1 atom stereocenters. The van der Waals surface area contributed by atoms with Crippen LogP contribution in [0.2, 0.25) is 5.02 Å². The van der Waals surface area contributed by atoms with Gasteiger partial charge in [0.25, 0.3) is 0 Å². The van der Waals surface area contributed by atoms with Crippen LogP contribution in [0.3, 0.4) is 0 Å². The average Bonchev–Trinajstić information content (AvgIpc) is 2.81. The van der Waals surface area contributed by atoms with E-state index in [-0.39, 0.29) is 5.92 Å². The highest BCUT2D eigenvalue weighted by atomic mass is 35.5. The number of fused-ring (bicyclic) bond motifs is 1. The summed E-state index contributed by atoms with van der Waals surface area (Å²) in [6.45, 7) is 0. The van der Waals surface area contributed by atoms with Crippen molar-refractivity contribution in [3.8, 4) is 12.1 Å². The minimum atomic E-state index is -0.0970. The van der Waals surface area contributed by atoms with Crippen molar-refractivity contribution in [2.24, 2.45) is 5.92 Å². The number of hydrogen-bond donors (Lipinski definition) is 0. The summed E-state index contributed by atoms with van der Waals surface area (Å²) in [7, 11) is 0. The van der Waals surface area contributed by atoms with Gasteiger partial charge < -0.3 is 0 Å². The molecule has 0 amide bonds. The largest absolute Gasteiger partial charge is 0.230 e. The Labute approximate surface area is 124 Å². The molecule has 19 heavy (non-hydrogen) atoms. The molecule has 1 aromatic carbocycles. The second kappa shape index (κ2) is 6.77. The molecule has 2 aromatic rings. The summed E-state index contributed by atoms with van der Waals surface area (Å²) in [4.78, 5) is 4.48. The maximum absolute atomic E-state index is 9.00. The summed E-state index contributed by atoms with van der Waals surface area (Å²) in [6.07, 6.45) is 1.05. The third kappa shape index (κ3) is 3.84. The number of halogens is 1. The van der Waals surface area contributed by atoms with Gasteiger partial charge in [0.05, 0.1) is 28.3 Å². The van der Waals surface area contributed by atoms with Crippen LogP contribution in [0.4, 0.5) is 0 Å². The molecule has 0 aliphatic heterocycles. The summed E-state index contributed by atoms with van der Waals surface area (Å²) in [5.74, 6) is 0.575. The Kier molecular flexibility index (Phi) is 5.04. The van der Waals surface area contributed by atoms with Crippen LogP contribution in [0.25, 0.3) is 10.2 Å². The summed E-state index contributed by atoms with van der Waals surface area (Å²) in [6, 6.07) is 9.95. The monoisotopic (exact) mass is 307 g/mol. The molecule has 1 aromatic heterocycles. The Hall–Kier alpha value is -1.27. The van der Waals surface area contributed by atoms with Gasteiger partial charge in [-0.3, -0.25) is 0 Å². The van der Waals surface area contributed by atoms with Crippen LogP contribution in [0.5, 0.6) is 0 Å². The lowest BCUT2D eigenvalue weighted by Crippen LogP contribution is -1.99. The normalized spacial score (nSPS) is 11.9. The fourth-order valence-corrected chi connectivity index (χ4v) is 3.84. The zero-order valence-electron chi connectivity index (χ0n) is 9.97. The molecule has 0 radical (unpaired) electrons. The molecule has 0 aliphatic carbocycles. The van der Waals surface area contributed by atoms with Crippen molar-refractivity contribution in [2.75, 3.05) is 5.75 Å². The Bertz CT molecular complexity index is 654. The first-order valence-electron chi connectivity index (χ1n) is 5.68. The van der Waals surface area contributed by atoms with Crippen LogP contribution < -0.4 is 0 Å². The van der Waals surface area contributed by atoms with E-state index in [9.17, 15) is 0 Å². The smallest absolute Gasteiger partial charge is 0.151 e. The van der Waals surface area contributed by atoms with E-state index in [0.29, 0.717) is 23.6 Å². The van der Waals surface area contributed by atoms with E-state index >= 15 is 0 Å². The van der Waals surface area contributed by atoms with Gasteiger partial charge in [-0.1, -0.05) is 23.4 Å².